The van der Waals surface area contributed by atoms with Crippen molar-refractivity contribution in [1.29, 1.82) is 0 Å². The van der Waals surface area contributed by atoms with Gasteiger partial charge in [0, 0.05) is 12.0 Å². The van der Waals surface area contributed by atoms with Gasteiger partial charge in [-0.3, -0.25) is 0 Å². The predicted molar refractivity (Wildman–Crippen MR) is 117 cm³/mol. The maximum atomic E-state index is 12.8. The molecule has 2 aromatic rings. The van der Waals surface area contributed by atoms with Crippen LogP contribution in [0.3, 0.4) is 0 Å². The number of amides is 2. The van der Waals surface area contributed by atoms with Crippen LogP contribution in [0.15, 0.2) is 29.2 Å². The van der Waals surface area contributed by atoms with Crippen molar-refractivity contribution in [2.24, 2.45) is 0 Å². The first-order valence-corrected chi connectivity index (χ1v) is 11.8. The zero-order valence-electron chi connectivity index (χ0n) is 17.3. The molecular formula is C21H25BN2O6S. The third kappa shape index (κ3) is 4.41. The van der Waals surface area contributed by atoms with Gasteiger partial charge in [-0.1, -0.05) is 6.07 Å². The molecule has 0 aromatic heterocycles. The molecule has 0 radical (unpaired) electrons. The molecule has 0 unspecified atom stereocenters. The molecular weight excluding hydrogens is 419 g/mol. The van der Waals surface area contributed by atoms with Gasteiger partial charge in [-0.2, -0.15) is 0 Å². The van der Waals surface area contributed by atoms with Crippen molar-refractivity contribution in [3.8, 4) is 5.75 Å². The van der Waals surface area contributed by atoms with E-state index in [0.29, 0.717) is 11.3 Å². The Bertz CT molecular complexity index is 1100. The largest absolute Gasteiger partial charge is 0.497 e. The van der Waals surface area contributed by atoms with E-state index >= 15 is 0 Å². The zero-order valence-corrected chi connectivity index (χ0v) is 18.1. The number of urea groups is 1. The summed E-state index contributed by atoms with van der Waals surface area (Å²) in [4.78, 5) is 12.5. The minimum absolute atomic E-state index is 0.164. The molecule has 2 aromatic carbocycles. The van der Waals surface area contributed by atoms with E-state index in [0.717, 1.165) is 55.3 Å². The number of fused-ring (bicyclic) bond motifs is 2. The minimum Gasteiger partial charge on any atom is -0.497 e. The summed E-state index contributed by atoms with van der Waals surface area (Å²) in [5.74, 6) is 0.326. The fraction of sp³-hybridized carbons (Fsp3) is 0.381. The lowest BCUT2D eigenvalue weighted by Crippen LogP contribution is -2.35. The number of hydrogen-bond acceptors (Lipinski definition) is 6. The van der Waals surface area contributed by atoms with E-state index in [2.05, 4.69) is 16.1 Å². The molecule has 0 saturated heterocycles. The van der Waals surface area contributed by atoms with E-state index in [9.17, 15) is 23.3 Å². The van der Waals surface area contributed by atoms with Crippen LogP contribution in [0, 0.1) is 0 Å². The second-order valence-corrected chi connectivity index (χ2v) is 9.63. The number of benzene rings is 2. The van der Waals surface area contributed by atoms with Gasteiger partial charge < -0.3 is 20.1 Å². The van der Waals surface area contributed by atoms with Crippen molar-refractivity contribution in [3.05, 3.63) is 52.1 Å². The minimum atomic E-state index is -4.17. The summed E-state index contributed by atoms with van der Waals surface area (Å²) in [7, 11) is -4.43. The molecule has 164 valence electrons. The summed E-state index contributed by atoms with van der Waals surface area (Å²) in [6.45, 7) is 0. The summed E-state index contributed by atoms with van der Waals surface area (Å²) in [5.41, 5.74) is 5.75. The van der Waals surface area contributed by atoms with E-state index in [1.807, 2.05) is 0 Å². The van der Waals surface area contributed by atoms with Crippen molar-refractivity contribution in [2.75, 3.05) is 12.4 Å². The molecule has 0 fully saturated rings. The number of rotatable bonds is 6. The van der Waals surface area contributed by atoms with Gasteiger partial charge in [0.15, 0.2) is 0 Å². The summed E-state index contributed by atoms with van der Waals surface area (Å²) in [5, 5.41) is 21.3. The number of sulfonamides is 1. The van der Waals surface area contributed by atoms with Gasteiger partial charge in [0.25, 0.3) is 10.0 Å². The first-order chi connectivity index (χ1) is 14.8. The van der Waals surface area contributed by atoms with Gasteiger partial charge in [-0.15, -0.1) is 0 Å². The van der Waals surface area contributed by atoms with E-state index in [-0.39, 0.29) is 11.2 Å². The van der Waals surface area contributed by atoms with Crippen LogP contribution in [0.1, 0.15) is 40.7 Å². The molecule has 2 aliphatic rings. The van der Waals surface area contributed by atoms with Crippen molar-refractivity contribution < 1.29 is 28.0 Å². The first-order valence-electron chi connectivity index (χ1n) is 10.3. The van der Waals surface area contributed by atoms with E-state index in [4.69, 9.17) is 4.74 Å². The summed E-state index contributed by atoms with van der Waals surface area (Å²) in [6.07, 6.45) is 5.54. The van der Waals surface area contributed by atoms with Gasteiger partial charge in [0.2, 0.25) is 0 Å². The summed E-state index contributed by atoms with van der Waals surface area (Å²) in [6, 6.07) is 5.42. The highest BCUT2D eigenvalue weighted by molar-refractivity contribution is 7.90. The van der Waals surface area contributed by atoms with Crippen LogP contribution in [-0.2, 0) is 42.0 Å². The smallest absolute Gasteiger partial charge is 0.456 e. The Morgan fingerprint density at radius 2 is 1.71 bits per heavy atom. The molecule has 10 heteroatoms. The Labute approximate surface area is 181 Å². The Morgan fingerprint density at radius 3 is 2.29 bits per heavy atom. The lowest BCUT2D eigenvalue weighted by molar-refractivity contribution is 0.256. The number of anilines is 1. The molecule has 0 aliphatic heterocycles. The maximum absolute atomic E-state index is 12.8. The number of ether oxygens (including phenoxy) is 1. The number of carbonyl (C=O) groups is 1. The van der Waals surface area contributed by atoms with Crippen molar-refractivity contribution in [3.63, 3.8) is 0 Å². The Balaban J connectivity index is 1.57. The van der Waals surface area contributed by atoms with Crippen LogP contribution in [0.25, 0.3) is 0 Å². The molecule has 0 bridgehead atoms. The Morgan fingerprint density at radius 1 is 1.06 bits per heavy atom. The number of nitrogens with one attached hydrogen (secondary N) is 2. The molecule has 31 heavy (non-hydrogen) atoms. The fourth-order valence-corrected chi connectivity index (χ4v) is 5.52. The molecule has 2 amide bonds. The highest BCUT2D eigenvalue weighted by atomic mass is 32.2. The van der Waals surface area contributed by atoms with Crippen LogP contribution >= 0.6 is 0 Å². The number of aryl methyl sites for hydroxylation is 2. The average Bonchev–Trinajstić information content (AvgIpc) is 3.36. The number of carbonyl (C=O) groups excluding carboxylic acids is 1. The quantitative estimate of drug-likeness (QED) is 0.503. The predicted octanol–water partition coefficient (Wildman–Crippen LogP) is 1.74. The van der Waals surface area contributed by atoms with Gasteiger partial charge in [-0.25, -0.2) is 17.9 Å². The standard InChI is InChI=1S/C21H25BN2O6S/c1-30-19-9-8-16(11-15(19)12-22(26)27)31(28,29)24-21(25)23-20-17-6-2-4-13(17)10-14-5-3-7-18(14)20/h8-11,26-27H,2-7,12H2,1H3,(H2,23,24,25). The first kappa shape index (κ1) is 21.7. The normalized spacial score (nSPS) is 14.7. The summed E-state index contributed by atoms with van der Waals surface area (Å²) < 4.78 is 32.8. The molecule has 4 N–H and O–H groups in total. The zero-order chi connectivity index (χ0) is 22.2. The molecule has 8 nitrogen and oxygen atoms in total. The second kappa shape index (κ2) is 8.53. The monoisotopic (exact) mass is 444 g/mol. The molecule has 0 saturated carbocycles. The van der Waals surface area contributed by atoms with Gasteiger partial charge in [-0.05, 0) is 84.5 Å². The maximum Gasteiger partial charge on any atom is 0.456 e. The van der Waals surface area contributed by atoms with Gasteiger partial charge in [0.1, 0.15) is 5.75 Å². The topological polar surface area (TPSA) is 125 Å². The van der Waals surface area contributed by atoms with Crippen LogP contribution in [0.5, 0.6) is 5.75 Å². The van der Waals surface area contributed by atoms with Crippen molar-refractivity contribution >= 4 is 28.9 Å². The number of methoxy groups -OCH3 is 1. The van der Waals surface area contributed by atoms with Crippen LogP contribution in [-0.4, -0.2) is 38.7 Å². The summed E-state index contributed by atoms with van der Waals surface area (Å²) >= 11 is 0. The van der Waals surface area contributed by atoms with Crippen molar-refractivity contribution in [2.45, 2.75) is 49.7 Å². The molecule has 2 aliphatic carbocycles. The Hall–Kier alpha value is -2.56. The highest BCUT2D eigenvalue weighted by Crippen LogP contribution is 2.38. The van der Waals surface area contributed by atoms with Gasteiger partial charge in [0.05, 0.1) is 12.0 Å². The second-order valence-electron chi connectivity index (χ2n) is 7.95. The third-order valence-electron chi connectivity index (χ3n) is 5.90. The van der Waals surface area contributed by atoms with E-state index < -0.39 is 23.2 Å². The molecule has 4 rings (SSSR count). The van der Waals surface area contributed by atoms with Gasteiger partial charge >= 0.3 is 13.1 Å². The lowest BCUT2D eigenvalue weighted by atomic mass is 9.82. The van der Waals surface area contributed by atoms with Crippen LogP contribution in [0.4, 0.5) is 10.5 Å². The molecule has 0 atom stereocenters. The fourth-order valence-electron chi connectivity index (χ4n) is 4.57. The number of hydrogen-bond donors (Lipinski definition) is 4. The van der Waals surface area contributed by atoms with E-state index in [1.54, 1.807) is 0 Å². The molecule has 0 spiro atoms. The third-order valence-corrected chi connectivity index (χ3v) is 7.23. The SMILES string of the molecule is COc1ccc(S(=O)(=O)NC(=O)Nc2c3c(cc4c2CCC4)CCC3)cc1CB(O)O. The van der Waals surface area contributed by atoms with Crippen molar-refractivity contribution in [1.82, 2.24) is 4.72 Å². The molecule has 0 heterocycles. The lowest BCUT2D eigenvalue weighted by Gasteiger charge is -2.17. The Kier molecular flexibility index (Phi) is 5.96. The van der Waals surface area contributed by atoms with Crippen LogP contribution in [0.2, 0.25) is 0 Å². The van der Waals surface area contributed by atoms with E-state index in [1.165, 1.54) is 36.4 Å². The highest BCUT2D eigenvalue weighted by Gasteiger charge is 2.27. The van der Waals surface area contributed by atoms with Crippen LogP contribution < -0.4 is 14.8 Å². The average molecular weight is 444 g/mol.